The summed E-state index contributed by atoms with van der Waals surface area (Å²) in [6, 6.07) is 3.84. The number of imidazole rings is 1. The molecule has 0 aliphatic rings. The van der Waals surface area contributed by atoms with E-state index in [0.29, 0.717) is 16.9 Å². The van der Waals surface area contributed by atoms with Crippen LogP contribution in [0.4, 0.5) is 4.39 Å². The number of halogens is 1. The predicted octanol–water partition coefficient (Wildman–Crippen LogP) is 2.17. The van der Waals surface area contributed by atoms with Crippen molar-refractivity contribution >= 4 is 17.0 Å². The number of H-pyrrole nitrogens is 1. The van der Waals surface area contributed by atoms with Crippen LogP contribution in [0.15, 0.2) is 30.6 Å². The van der Waals surface area contributed by atoms with E-state index in [4.69, 9.17) is 5.11 Å². The quantitative estimate of drug-likeness (QED) is 0.664. The molecule has 2 heterocycles. The molecule has 3 aromatic rings. The average Bonchev–Trinajstić information content (AvgIpc) is 2.81. The van der Waals surface area contributed by atoms with Gasteiger partial charge in [-0.15, -0.1) is 0 Å². The Hall–Kier alpha value is -2.96. The Morgan fingerprint density at radius 1 is 1.35 bits per heavy atom. The molecule has 20 heavy (non-hydrogen) atoms. The molecule has 0 radical (unpaired) electrons. The van der Waals surface area contributed by atoms with Gasteiger partial charge in [-0.1, -0.05) is 0 Å². The SMILES string of the molecule is O=C(O)c1c(O)cc(-c2nc3ccncc3[nH]2)cc1F. The number of carboxylic acid groups (broad SMARTS) is 1. The normalized spacial score (nSPS) is 10.8. The van der Waals surface area contributed by atoms with Gasteiger partial charge in [0.1, 0.15) is 23.0 Å². The summed E-state index contributed by atoms with van der Waals surface area (Å²) in [6.45, 7) is 0. The first kappa shape index (κ1) is 12.1. The van der Waals surface area contributed by atoms with E-state index in [2.05, 4.69) is 15.0 Å². The van der Waals surface area contributed by atoms with Gasteiger partial charge in [0.15, 0.2) is 0 Å². The Bertz CT molecular complexity index is 773. The van der Waals surface area contributed by atoms with Crippen molar-refractivity contribution in [3.05, 3.63) is 42.0 Å². The summed E-state index contributed by atoms with van der Waals surface area (Å²) in [4.78, 5) is 21.9. The van der Waals surface area contributed by atoms with Crippen LogP contribution in [0.1, 0.15) is 10.4 Å². The lowest BCUT2D eigenvalue weighted by atomic mass is 10.1. The maximum Gasteiger partial charge on any atom is 0.342 e. The fraction of sp³-hybridized carbons (Fsp3) is 0. The van der Waals surface area contributed by atoms with Crippen LogP contribution in [-0.4, -0.2) is 31.1 Å². The van der Waals surface area contributed by atoms with Gasteiger partial charge < -0.3 is 15.2 Å². The lowest BCUT2D eigenvalue weighted by Crippen LogP contribution is -2.01. The molecule has 0 bridgehead atoms. The molecule has 7 heteroatoms. The van der Waals surface area contributed by atoms with Crippen molar-refractivity contribution in [1.29, 1.82) is 0 Å². The molecule has 3 N–H and O–H groups in total. The second-order valence-corrected chi connectivity index (χ2v) is 4.14. The van der Waals surface area contributed by atoms with Crippen molar-refractivity contribution in [3.63, 3.8) is 0 Å². The van der Waals surface area contributed by atoms with Crippen molar-refractivity contribution in [2.45, 2.75) is 0 Å². The van der Waals surface area contributed by atoms with Crippen molar-refractivity contribution in [2.75, 3.05) is 0 Å². The van der Waals surface area contributed by atoms with Crippen molar-refractivity contribution < 1.29 is 19.4 Å². The van der Waals surface area contributed by atoms with Gasteiger partial charge in [-0.3, -0.25) is 4.98 Å². The van der Waals surface area contributed by atoms with E-state index in [1.165, 1.54) is 0 Å². The molecule has 0 unspecified atom stereocenters. The van der Waals surface area contributed by atoms with Gasteiger partial charge in [0.2, 0.25) is 0 Å². The van der Waals surface area contributed by atoms with Crippen LogP contribution in [0.2, 0.25) is 0 Å². The molecular formula is C13H8FN3O3. The maximum absolute atomic E-state index is 13.7. The van der Waals surface area contributed by atoms with Crippen LogP contribution in [0.5, 0.6) is 5.75 Å². The molecule has 0 aliphatic heterocycles. The van der Waals surface area contributed by atoms with Crippen LogP contribution in [0, 0.1) is 5.82 Å². The first-order valence-electron chi connectivity index (χ1n) is 5.62. The summed E-state index contributed by atoms with van der Waals surface area (Å²) in [5, 5.41) is 18.4. The largest absolute Gasteiger partial charge is 0.507 e. The Kier molecular flexibility index (Phi) is 2.60. The summed E-state index contributed by atoms with van der Waals surface area (Å²) < 4.78 is 13.7. The minimum absolute atomic E-state index is 0.251. The zero-order valence-corrected chi connectivity index (χ0v) is 9.96. The zero-order valence-electron chi connectivity index (χ0n) is 9.96. The summed E-state index contributed by atoms with van der Waals surface area (Å²) >= 11 is 0. The number of aromatic amines is 1. The number of aromatic carboxylic acids is 1. The van der Waals surface area contributed by atoms with E-state index in [-0.39, 0.29) is 5.56 Å². The minimum atomic E-state index is -1.53. The van der Waals surface area contributed by atoms with Crippen LogP contribution >= 0.6 is 0 Å². The predicted molar refractivity (Wildman–Crippen MR) is 67.9 cm³/mol. The molecule has 3 rings (SSSR count). The molecule has 2 aromatic heterocycles. The fourth-order valence-electron chi connectivity index (χ4n) is 1.93. The van der Waals surface area contributed by atoms with Crippen LogP contribution in [0.3, 0.4) is 0 Å². The van der Waals surface area contributed by atoms with Gasteiger partial charge in [-0.2, -0.15) is 0 Å². The second kappa shape index (κ2) is 4.30. The molecule has 0 fully saturated rings. The first-order chi connectivity index (χ1) is 9.56. The number of hydrogen-bond donors (Lipinski definition) is 3. The summed E-state index contributed by atoms with van der Waals surface area (Å²) in [5.74, 6) is -2.88. The van der Waals surface area contributed by atoms with E-state index in [0.717, 1.165) is 12.1 Å². The van der Waals surface area contributed by atoms with Crippen LogP contribution in [-0.2, 0) is 0 Å². The lowest BCUT2D eigenvalue weighted by Gasteiger charge is -2.04. The van der Waals surface area contributed by atoms with E-state index < -0.39 is 23.1 Å². The van der Waals surface area contributed by atoms with Crippen LogP contribution in [0.25, 0.3) is 22.4 Å². The number of hydrogen-bond acceptors (Lipinski definition) is 4. The smallest absolute Gasteiger partial charge is 0.342 e. The van der Waals surface area contributed by atoms with Crippen molar-refractivity contribution in [3.8, 4) is 17.1 Å². The third-order valence-corrected chi connectivity index (χ3v) is 2.84. The fourth-order valence-corrected chi connectivity index (χ4v) is 1.93. The molecule has 0 spiro atoms. The summed E-state index contributed by atoms with van der Waals surface area (Å²) in [5.41, 5.74) is 0.787. The molecule has 100 valence electrons. The van der Waals surface area contributed by atoms with E-state index in [9.17, 15) is 14.3 Å². The van der Waals surface area contributed by atoms with Gasteiger partial charge in [0.25, 0.3) is 0 Å². The van der Waals surface area contributed by atoms with Crippen LogP contribution < -0.4 is 0 Å². The highest BCUT2D eigenvalue weighted by Crippen LogP contribution is 2.28. The highest BCUT2D eigenvalue weighted by molar-refractivity contribution is 5.92. The Labute approximate surface area is 111 Å². The molecule has 6 nitrogen and oxygen atoms in total. The molecule has 0 atom stereocenters. The number of benzene rings is 1. The number of aromatic hydroxyl groups is 1. The third-order valence-electron chi connectivity index (χ3n) is 2.84. The molecule has 1 aromatic carbocycles. The summed E-state index contributed by atoms with van der Waals surface area (Å²) in [7, 11) is 0. The number of rotatable bonds is 2. The number of carboxylic acids is 1. The number of carbonyl (C=O) groups is 1. The van der Waals surface area contributed by atoms with Gasteiger partial charge in [0, 0.05) is 11.8 Å². The number of fused-ring (bicyclic) bond motifs is 1. The zero-order chi connectivity index (χ0) is 14.3. The van der Waals surface area contributed by atoms with E-state index >= 15 is 0 Å². The molecule has 0 saturated carbocycles. The second-order valence-electron chi connectivity index (χ2n) is 4.14. The standard InChI is InChI=1S/C13H8FN3O3/c14-7-3-6(4-10(18)11(7)13(19)20)12-16-8-1-2-15-5-9(8)17-12/h1-5,18H,(H,16,17)(H,19,20). The van der Waals surface area contributed by atoms with Crippen molar-refractivity contribution in [1.82, 2.24) is 15.0 Å². The van der Waals surface area contributed by atoms with Gasteiger partial charge >= 0.3 is 5.97 Å². The average molecular weight is 273 g/mol. The van der Waals surface area contributed by atoms with E-state index in [1.54, 1.807) is 18.5 Å². The highest BCUT2D eigenvalue weighted by atomic mass is 19.1. The number of phenols is 1. The minimum Gasteiger partial charge on any atom is -0.507 e. The molecule has 0 saturated heterocycles. The Morgan fingerprint density at radius 2 is 2.15 bits per heavy atom. The summed E-state index contributed by atoms with van der Waals surface area (Å²) in [6.07, 6.45) is 3.13. The topological polar surface area (TPSA) is 99.1 Å². The molecule has 0 aliphatic carbocycles. The molecular weight excluding hydrogens is 265 g/mol. The third kappa shape index (κ3) is 1.85. The first-order valence-corrected chi connectivity index (χ1v) is 5.62. The Morgan fingerprint density at radius 3 is 2.80 bits per heavy atom. The van der Waals surface area contributed by atoms with E-state index in [1.807, 2.05) is 0 Å². The highest BCUT2D eigenvalue weighted by Gasteiger charge is 2.18. The van der Waals surface area contributed by atoms with Crippen molar-refractivity contribution in [2.24, 2.45) is 0 Å². The van der Waals surface area contributed by atoms with Gasteiger partial charge in [-0.25, -0.2) is 14.2 Å². The monoisotopic (exact) mass is 273 g/mol. The van der Waals surface area contributed by atoms with Gasteiger partial charge in [0.05, 0.1) is 17.2 Å². The maximum atomic E-state index is 13.7. The number of nitrogens with one attached hydrogen (secondary N) is 1. The van der Waals surface area contributed by atoms with Gasteiger partial charge in [-0.05, 0) is 18.2 Å². The number of nitrogens with zero attached hydrogens (tertiary/aromatic N) is 2. The number of pyridine rings is 1. The Balaban J connectivity index is 2.17. The molecule has 0 amide bonds. The number of aromatic nitrogens is 3. The lowest BCUT2D eigenvalue weighted by molar-refractivity contribution is 0.0688.